The van der Waals surface area contributed by atoms with Crippen LogP contribution in [0.3, 0.4) is 0 Å². The largest absolute Gasteiger partial charge is 0.430 e. The van der Waals surface area contributed by atoms with Crippen molar-refractivity contribution in [2.24, 2.45) is 0 Å². The third-order valence-corrected chi connectivity index (χ3v) is 5.22. The van der Waals surface area contributed by atoms with Gasteiger partial charge in [0.1, 0.15) is 5.70 Å². The van der Waals surface area contributed by atoms with Gasteiger partial charge in [-0.2, -0.15) is 13.2 Å². The minimum atomic E-state index is -4.38. The molecule has 0 amide bonds. The molecule has 6 heteroatoms. The van der Waals surface area contributed by atoms with Gasteiger partial charge >= 0.3 is 6.18 Å². The van der Waals surface area contributed by atoms with Gasteiger partial charge in [0.05, 0.1) is 0 Å². The molecule has 2 N–H and O–H groups in total. The Morgan fingerprint density at radius 3 is 2.46 bits per heavy atom. The molecule has 0 saturated heterocycles. The molecule has 0 unspecified atom stereocenters. The fraction of sp³-hybridized carbons (Fsp3) is 0.556. The predicted molar refractivity (Wildman–Crippen MR) is 97.1 cm³/mol. The molecule has 24 heavy (non-hydrogen) atoms. The second-order valence-corrected chi connectivity index (χ2v) is 7.39. The highest BCUT2D eigenvalue weighted by Crippen LogP contribution is 2.36. The van der Waals surface area contributed by atoms with Crippen LogP contribution in [0, 0.1) is 0 Å². The van der Waals surface area contributed by atoms with E-state index in [-0.39, 0.29) is 0 Å². The minimum absolute atomic E-state index is 0.723. The molecular weight excluding hydrogens is 333 g/mol. The van der Waals surface area contributed by atoms with Crippen LogP contribution < -0.4 is 10.6 Å². The van der Waals surface area contributed by atoms with Gasteiger partial charge in [-0.3, -0.25) is 0 Å². The standard InChI is InChI=1S/C18H27F3N2S/c1-6-7-8-11-23-13(2)14-9-10-16(24-14)17(3,4)12-15(22-5)18(19,20)21/h9-10,12,22-23H,2,6-8,11H2,1,3-5H3/b15-12-. The number of halogens is 3. The number of allylic oxidation sites excluding steroid dienone is 2. The van der Waals surface area contributed by atoms with Gasteiger partial charge in [-0.05, 0) is 24.6 Å². The Kier molecular flexibility index (Phi) is 7.39. The van der Waals surface area contributed by atoms with Gasteiger partial charge in [-0.1, -0.05) is 40.2 Å². The van der Waals surface area contributed by atoms with Crippen LogP contribution in [0.5, 0.6) is 0 Å². The van der Waals surface area contributed by atoms with E-state index < -0.39 is 17.3 Å². The first-order chi connectivity index (χ1) is 11.1. The molecule has 2 nitrogen and oxygen atoms in total. The smallest absolute Gasteiger partial charge is 0.384 e. The molecule has 0 aliphatic carbocycles. The zero-order valence-corrected chi connectivity index (χ0v) is 15.6. The molecule has 1 rings (SSSR count). The first kappa shape index (κ1) is 20.6. The number of hydrogen-bond acceptors (Lipinski definition) is 3. The summed E-state index contributed by atoms with van der Waals surface area (Å²) in [6.45, 7) is 10.6. The van der Waals surface area contributed by atoms with Gasteiger partial charge in [0.25, 0.3) is 0 Å². The normalized spacial score (nSPS) is 13.0. The van der Waals surface area contributed by atoms with Crippen molar-refractivity contribution in [3.05, 3.63) is 40.2 Å². The Morgan fingerprint density at radius 1 is 1.25 bits per heavy atom. The Morgan fingerprint density at radius 2 is 1.92 bits per heavy atom. The predicted octanol–water partition coefficient (Wildman–Crippen LogP) is 5.44. The summed E-state index contributed by atoms with van der Waals surface area (Å²) in [6.07, 6.45) is 0.262. The third kappa shape index (κ3) is 5.89. The van der Waals surface area contributed by atoms with Gasteiger partial charge < -0.3 is 10.6 Å². The highest BCUT2D eigenvalue weighted by atomic mass is 32.1. The average Bonchev–Trinajstić information content (AvgIpc) is 2.98. The van der Waals surface area contributed by atoms with E-state index in [0.717, 1.165) is 41.3 Å². The zero-order valence-electron chi connectivity index (χ0n) is 14.8. The van der Waals surface area contributed by atoms with Crippen molar-refractivity contribution >= 4 is 17.0 Å². The molecule has 0 fully saturated rings. The van der Waals surface area contributed by atoms with Crippen LogP contribution in [-0.2, 0) is 5.41 Å². The van der Waals surface area contributed by atoms with E-state index in [1.54, 1.807) is 13.8 Å². The molecule has 0 bridgehead atoms. The number of rotatable bonds is 9. The van der Waals surface area contributed by atoms with Crippen molar-refractivity contribution in [3.63, 3.8) is 0 Å². The van der Waals surface area contributed by atoms with E-state index in [4.69, 9.17) is 0 Å². The van der Waals surface area contributed by atoms with Crippen LogP contribution in [-0.4, -0.2) is 19.8 Å². The van der Waals surface area contributed by atoms with Gasteiger partial charge in [-0.25, -0.2) is 0 Å². The molecule has 0 aromatic carbocycles. The van der Waals surface area contributed by atoms with E-state index in [0.29, 0.717) is 0 Å². The summed E-state index contributed by atoms with van der Waals surface area (Å²) in [5.41, 5.74) is -0.620. The molecule has 1 heterocycles. The van der Waals surface area contributed by atoms with E-state index in [1.807, 2.05) is 12.1 Å². The number of alkyl halides is 3. The fourth-order valence-electron chi connectivity index (χ4n) is 2.28. The molecule has 0 aliphatic rings. The third-order valence-electron chi connectivity index (χ3n) is 3.74. The lowest BCUT2D eigenvalue weighted by Gasteiger charge is -2.22. The summed E-state index contributed by atoms with van der Waals surface area (Å²) in [4.78, 5) is 1.83. The van der Waals surface area contributed by atoms with Crippen LogP contribution in [0.15, 0.2) is 30.5 Å². The Balaban J connectivity index is 2.86. The first-order valence-electron chi connectivity index (χ1n) is 8.13. The van der Waals surface area contributed by atoms with Crippen molar-refractivity contribution in [1.29, 1.82) is 0 Å². The van der Waals surface area contributed by atoms with Crippen LogP contribution in [0.1, 0.15) is 49.8 Å². The topological polar surface area (TPSA) is 24.1 Å². The fourth-order valence-corrected chi connectivity index (χ4v) is 3.30. The summed E-state index contributed by atoms with van der Waals surface area (Å²) in [6, 6.07) is 3.79. The number of nitrogens with one attached hydrogen (secondary N) is 2. The van der Waals surface area contributed by atoms with Crippen LogP contribution in [0.25, 0.3) is 5.70 Å². The van der Waals surface area contributed by atoms with Gasteiger partial charge in [-0.15, -0.1) is 11.3 Å². The van der Waals surface area contributed by atoms with Crippen LogP contribution in [0.2, 0.25) is 0 Å². The van der Waals surface area contributed by atoms with Crippen molar-refractivity contribution in [3.8, 4) is 0 Å². The van der Waals surface area contributed by atoms with E-state index in [9.17, 15) is 13.2 Å². The monoisotopic (exact) mass is 360 g/mol. The van der Waals surface area contributed by atoms with Crippen molar-refractivity contribution in [1.82, 2.24) is 10.6 Å². The van der Waals surface area contributed by atoms with Gasteiger partial charge in [0.2, 0.25) is 0 Å². The number of unbranched alkanes of at least 4 members (excludes halogenated alkanes) is 2. The quantitative estimate of drug-likeness (QED) is 0.573. The molecule has 0 radical (unpaired) electrons. The number of thiophene rings is 1. The van der Waals surface area contributed by atoms with Crippen LogP contribution in [0.4, 0.5) is 13.2 Å². The number of hydrogen-bond donors (Lipinski definition) is 2. The SMILES string of the molecule is C=C(NCCCCC)c1ccc(C(C)(C)/C=C(\NC)C(F)(F)F)s1. The molecule has 1 aromatic rings. The molecule has 0 spiro atoms. The second kappa shape index (κ2) is 8.60. The lowest BCUT2D eigenvalue weighted by molar-refractivity contribution is -0.0966. The molecule has 1 aromatic heterocycles. The molecule has 0 aliphatic heterocycles. The van der Waals surface area contributed by atoms with E-state index in [1.165, 1.54) is 24.5 Å². The summed E-state index contributed by atoms with van der Waals surface area (Å²) in [7, 11) is 1.29. The molecule has 0 saturated carbocycles. The zero-order chi connectivity index (χ0) is 18.4. The highest BCUT2D eigenvalue weighted by Gasteiger charge is 2.35. The molecule has 136 valence electrons. The summed E-state index contributed by atoms with van der Waals surface area (Å²) in [5, 5.41) is 5.53. The second-order valence-electron chi connectivity index (χ2n) is 6.30. The van der Waals surface area contributed by atoms with Crippen LogP contribution >= 0.6 is 11.3 Å². The van der Waals surface area contributed by atoms with E-state index in [2.05, 4.69) is 24.1 Å². The molecule has 0 atom stereocenters. The highest BCUT2D eigenvalue weighted by molar-refractivity contribution is 7.13. The lowest BCUT2D eigenvalue weighted by Crippen LogP contribution is -2.26. The maximum absolute atomic E-state index is 13.0. The van der Waals surface area contributed by atoms with Crippen molar-refractivity contribution in [2.45, 2.75) is 51.6 Å². The summed E-state index contributed by atoms with van der Waals surface area (Å²) in [5.74, 6) is 0. The van der Waals surface area contributed by atoms with Crippen molar-refractivity contribution < 1.29 is 13.2 Å². The maximum atomic E-state index is 13.0. The lowest BCUT2D eigenvalue weighted by atomic mass is 9.90. The average molecular weight is 360 g/mol. The summed E-state index contributed by atoms with van der Waals surface area (Å²) < 4.78 is 38.9. The Labute approximate surface area is 146 Å². The summed E-state index contributed by atoms with van der Waals surface area (Å²) >= 11 is 1.47. The maximum Gasteiger partial charge on any atom is 0.430 e. The van der Waals surface area contributed by atoms with Gasteiger partial charge in [0, 0.05) is 34.5 Å². The van der Waals surface area contributed by atoms with Crippen molar-refractivity contribution in [2.75, 3.05) is 13.6 Å². The molecular formula is C18H27F3N2S. The Bertz CT molecular complexity index is 571. The Hall–Kier alpha value is -1.43. The van der Waals surface area contributed by atoms with E-state index >= 15 is 0 Å². The minimum Gasteiger partial charge on any atom is -0.384 e. The van der Waals surface area contributed by atoms with Gasteiger partial charge in [0.15, 0.2) is 0 Å². The first-order valence-corrected chi connectivity index (χ1v) is 8.94.